The maximum atomic E-state index is 12.0. The second kappa shape index (κ2) is 7.10. The van der Waals surface area contributed by atoms with E-state index in [4.69, 9.17) is 0 Å². The summed E-state index contributed by atoms with van der Waals surface area (Å²) in [6.07, 6.45) is 7.12. The van der Waals surface area contributed by atoms with Gasteiger partial charge in [0.25, 0.3) is 0 Å². The summed E-state index contributed by atoms with van der Waals surface area (Å²) in [5.74, 6) is 0.529. The van der Waals surface area contributed by atoms with E-state index in [0.717, 1.165) is 37.2 Å². The summed E-state index contributed by atoms with van der Waals surface area (Å²) in [5.41, 5.74) is 2.06. The molecule has 0 fully saturated rings. The van der Waals surface area contributed by atoms with E-state index < -0.39 is 0 Å². The van der Waals surface area contributed by atoms with Crippen LogP contribution in [0.3, 0.4) is 0 Å². The Morgan fingerprint density at radius 2 is 2.21 bits per heavy atom. The van der Waals surface area contributed by atoms with Gasteiger partial charge in [0.05, 0.1) is 0 Å². The first-order valence-corrected chi connectivity index (χ1v) is 7.04. The molecule has 1 aromatic carbocycles. The van der Waals surface area contributed by atoms with Gasteiger partial charge < -0.3 is 10.6 Å². The number of hydrogen-bond acceptors (Lipinski definition) is 2. The quantitative estimate of drug-likeness (QED) is 0.770. The van der Waals surface area contributed by atoms with Crippen molar-refractivity contribution in [2.45, 2.75) is 32.7 Å². The predicted octanol–water partition coefficient (Wildman–Crippen LogP) is 3.09. The molecular weight excluding hydrogens is 236 g/mol. The third kappa shape index (κ3) is 4.21. The standard InChI is InChI=1S/C16H22N2O/c1-2-17-12-14-9-5-6-10-15(14)18-16(19)11-13-7-3-4-8-13/h3,5-7,9-10,13,17H,2,4,8,11-12H2,1H3,(H,18,19). The molecule has 0 aliphatic heterocycles. The van der Waals surface area contributed by atoms with Crippen LogP contribution in [0.2, 0.25) is 0 Å². The average molecular weight is 258 g/mol. The molecule has 1 unspecified atom stereocenters. The molecule has 1 aromatic rings. The van der Waals surface area contributed by atoms with E-state index in [-0.39, 0.29) is 5.91 Å². The monoisotopic (exact) mass is 258 g/mol. The van der Waals surface area contributed by atoms with E-state index in [2.05, 4.69) is 29.7 Å². The van der Waals surface area contributed by atoms with Gasteiger partial charge in [-0.1, -0.05) is 37.3 Å². The van der Waals surface area contributed by atoms with Crippen molar-refractivity contribution in [3.8, 4) is 0 Å². The molecule has 0 spiro atoms. The number of amides is 1. The maximum Gasteiger partial charge on any atom is 0.224 e. The van der Waals surface area contributed by atoms with Gasteiger partial charge in [-0.15, -0.1) is 0 Å². The predicted molar refractivity (Wildman–Crippen MR) is 78.9 cm³/mol. The van der Waals surface area contributed by atoms with Crippen LogP contribution >= 0.6 is 0 Å². The molecule has 0 aromatic heterocycles. The lowest BCUT2D eigenvalue weighted by Crippen LogP contribution is -2.18. The zero-order chi connectivity index (χ0) is 13.5. The van der Waals surface area contributed by atoms with Crippen LogP contribution in [0.15, 0.2) is 36.4 Å². The number of carbonyl (C=O) groups excluding carboxylic acids is 1. The van der Waals surface area contributed by atoms with Crippen LogP contribution in [0.4, 0.5) is 5.69 Å². The molecule has 3 heteroatoms. The number of anilines is 1. The van der Waals surface area contributed by atoms with Crippen molar-refractivity contribution >= 4 is 11.6 Å². The Balaban J connectivity index is 1.93. The SMILES string of the molecule is CCNCc1ccccc1NC(=O)CC1C=CCC1. The van der Waals surface area contributed by atoms with E-state index in [1.165, 1.54) is 0 Å². The van der Waals surface area contributed by atoms with Crippen LogP contribution in [-0.2, 0) is 11.3 Å². The molecule has 0 saturated carbocycles. The molecule has 102 valence electrons. The Morgan fingerprint density at radius 3 is 2.95 bits per heavy atom. The first-order valence-electron chi connectivity index (χ1n) is 7.04. The topological polar surface area (TPSA) is 41.1 Å². The van der Waals surface area contributed by atoms with Crippen LogP contribution in [0, 0.1) is 5.92 Å². The summed E-state index contributed by atoms with van der Waals surface area (Å²) in [6.45, 7) is 3.79. The second-order valence-corrected chi connectivity index (χ2v) is 4.96. The molecule has 0 radical (unpaired) electrons. The van der Waals surface area contributed by atoms with Gasteiger partial charge in [0.2, 0.25) is 5.91 Å². The Bertz CT molecular complexity index is 454. The lowest BCUT2D eigenvalue weighted by atomic mass is 10.0. The fraction of sp³-hybridized carbons (Fsp3) is 0.438. The van der Waals surface area contributed by atoms with Gasteiger partial charge in [0.15, 0.2) is 0 Å². The number of hydrogen-bond donors (Lipinski definition) is 2. The van der Waals surface area contributed by atoms with Gasteiger partial charge in [0, 0.05) is 18.7 Å². The lowest BCUT2D eigenvalue weighted by molar-refractivity contribution is -0.116. The Morgan fingerprint density at radius 1 is 1.37 bits per heavy atom. The first-order chi connectivity index (χ1) is 9.29. The highest BCUT2D eigenvalue weighted by Gasteiger charge is 2.14. The molecule has 1 aliphatic rings. The first kappa shape index (κ1) is 13.8. The van der Waals surface area contributed by atoms with Gasteiger partial charge in [-0.25, -0.2) is 0 Å². The number of allylic oxidation sites excluding steroid dienone is 2. The summed E-state index contributed by atoms with van der Waals surface area (Å²) >= 11 is 0. The van der Waals surface area contributed by atoms with Gasteiger partial charge >= 0.3 is 0 Å². The van der Waals surface area contributed by atoms with Crippen LogP contribution in [0.25, 0.3) is 0 Å². The minimum absolute atomic E-state index is 0.112. The summed E-state index contributed by atoms with van der Waals surface area (Å²) < 4.78 is 0. The fourth-order valence-electron chi connectivity index (χ4n) is 2.36. The molecule has 0 heterocycles. The smallest absolute Gasteiger partial charge is 0.224 e. The van der Waals surface area contributed by atoms with Crippen molar-refractivity contribution in [1.29, 1.82) is 0 Å². The summed E-state index contributed by atoms with van der Waals surface area (Å²) in [5, 5.41) is 6.32. The summed E-state index contributed by atoms with van der Waals surface area (Å²) in [7, 11) is 0. The van der Waals surface area contributed by atoms with Crippen molar-refractivity contribution in [3.63, 3.8) is 0 Å². The van der Waals surface area contributed by atoms with Gasteiger partial charge in [-0.05, 0) is 36.9 Å². The molecular formula is C16H22N2O. The average Bonchev–Trinajstić information content (AvgIpc) is 2.90. The normalized spacial score (nSPS) is 17.6. The maximum absolute atomic E-state index is 12.0. The third-order valence-electron chi connectivity index (χ3n) is 3.42. The van der Waals surface area contributed by atoms with Crippen molar-refractivity contribution < 1.29 is 4.79 Å². The Labute approximate surface area is 115 Å². The molecule has 1 atom stereocenters. The van der Waals surface area contributed by atoms with Gasteiger partial charge in [-0.3, -0.25) is 4.79 Å². The Hall–Kier alpha value is -1.61. The van der Waals surface area contributed by atoms with Gasteiger partial charge in [0.1, 0.15) is 0 Å². The van der Waals surface area contributed by atoms with Crippen molar-refractivity contribution in [3.05, 3.63) is 42.0 Å². The second-order valence-electron chi connectivity index (χ2n) is 4.96. The van der Waals surface area contributed by atoms with E-state index >= 15 is 0 Å². The molecule has 1 aliphatic carbocycles. The number of para-hydroxylation sites is 1. The minimum Gasteiger partial charge on any atom is -0.326 e. The highest BCUT2D eigenvalue weighted by Crippen LogP contribution is 2.22. The molecule has 1 amide bonds. The number of nitrogens with one attached hydrogen (secondary N) is 2. The van der Waals surface area contributed by atoms with E-state index in [0.29, 0.717) is 12.3 Å². The number of rotatable bonds is 6. The minimum atomic E-state index is 0.112. The highest BCUT2D eigenvalue weighted by atomic mass is 16.1. The van der Waals surface area contributed by atoms with E-state index in [1.54, 1.807) is 0 Å². The van der Waals surface area contributed by atoms with Crippen LogP contribution in [0.1, 0.15) is 31.7 Å². The van der Waals surface area contributed by atoms with Crippen LogP contribution < -0.4 is 10.6 Å². The molecule has 19 heavy (non-hydrogen) atoms. The largest absolute Gasteiger partial charge is 0.326 e. The summed E-state index contributed by atoms with van der Waals surface area (Å²) in [6, 6.07) is 7.98. The molecule has 3 nitrogen and oxygen atoms in total. The van der Waals surface area contributed by atoms with E-state index in [9.17, 15) is 4.79 Å². The zero-order valence-electron chi connectivity index (χ0n) is 11.5. The number of benzene rings is 1. The van der Waals surface area contributed by atoms with Gasteiger partial charge in [-0.2, -0.15) is 0 Å². The Kier molecular flexibility index (Phi) is 5.16. The van der Waals surface area contributed by atoms with Crippen molar-refractivity contribution in [2.24, 2.45) is 5.92 Å². The fourth-order valence-corrected chi connectivity index (χ4v) is 2.36. The zero-order valence-corrected chi connectivity index (χ0v) is 11.5. The summed E-state index contributed by atoms with van der Waals surface area (Å²) in [4.78, 5) is 12.0. The van der Waals surface area contributed by atoms with Crippen molar-refractivity contribution in [1.82, 2.24) is 5.32 Å². The van der Waals surface area contributed by atoms with Crippen molar-refractivity contribution in [2.75, 3.05) is 11.9 Å². The highest BCUT2D eigenvalue weighted by molar-refractivity contribution is 5.91. The van der Waals surface area contributed by atoms with Crippen LogP contribution in [-0.4, -0.2) is 12.5 Å². The molecule has 2 N–H and O–H groups in total. The third-order valence-corrected chi connectivity index (χ3v) is 3.42. The molecule has 2 rings (SSSR count). The molecule has 0 bridgehead atoms. The van der Waals surface area contributed by atoms with E-state index in [1.807, 2.05) is 24.3 Å². The lowest BCUT2D eigenvalue weighted by Gasteiger charge is -2.13. The molecule has 0 saturated heterocycles. The number of carbonyl (C=O) groups is 1. The van der Waals surface area contributed by atoms with Crippen LogP contribution in [0.5, 0.6) is 0 Å².